The summed E-state index contributed by atoms with van der Waals surface area (Å²) in [4.78, 5) is 4.20. The lowest BCUT2D eigenvalue weighted by Crippen LogP contribution is -2.04. The van der Waals surface area contributed by atoms with Crippen LogP contribution in [0.15, 0.2) is 29.3 Å². The molecule has 0 aromatic heterocycles. The van der Waals surface area contributed by atoms with Crippen molar-refractivity contribution >= 4 is 22.6 Å². The molecule has 14 heavy (non-hydrogen) atoms. The molecule has 1 aromatic rings. The van der Waals surface area contributed by atoms with E-state index in [9.17, 15) is 0 Å². The zero-order chi connectivity index (χ0) is 10.4. The van der Waals surface area contributed by atoms with Crippen LogP contribution in [-0.2, 0) is 6.42 Å². The molecule has 0 saturated carbocycles. The summed E-state index contributed by atoms with van der Waals surface area (Å²) in [6.45, 7) is 0.676. The monoisotopic (exact) mass is 209 g/mol. The molecule has 4 heteroatoms. The predicted molar refractivity (Wildman–Crippen MR) is 64.0 cm³/mol. The van der Waals surface area contributed by atoms with Crippen LogP contribution in [-0.4, -0.2) is 18.0 Å². The Morgan fingerprint density at radius 2 is 2.00 bits per heavy atom. The third-order valence-electron chi connectivity index (χ3n) is 1.82. The first-order valence-electron chi connectivity index (χ1n) is 4.43. The fourth-order valence-corrected chi connectivity index (χ4v) is 1.27. The highest BCUT2D eigenvalue weighted by Gasteiger charge is 1.93. The summed E-state index contributed by atoms with van der Waals surface area (Å²) >= 11 is 1.44. The van der Waals surface area contributed by atoms with Gasteiger partial charge in [0.25, 0.3) is 0 Å². The molecule has 0 heterocycles. The van der Waals surface area contributed by atoms with Crippen molar-refractivity contribution in [3.8, 4) is 0 Å². The number of hydrogen-bond donors (Lipinski definition) is 2. The molecule has 0 amide bonds. The molecule has 1 aromatic carbocycles. The first-order valence-corrected chi connectivity index (χ1v) is 5.66. The van der Waals surface area contributed by atoms with Crippen LogP contribution in [0.1, 0.15) is 5.56 Å². The van der Waals surface area contributed by atoms with E-state index in [2.05, 4.69) is 4.99 Å². The maximum absolute atomic E-state index is 5.59. The van der Waals surface area contributed by atoms with Crippen LogP contribution in [0.2, 0.25) is 0 Å². The van der Waals surface area contributed by atoms with Gasteiger partial charge < -0.3 is 11.5 Å². The number of hydrogen-bond acceptors (Lipinski definition) is 3. The van der Waals surface area contributed by atoms with Crippen LogP contribution < -0.4 is 11.5 Å². The van der Waals surface area contributed by atoms with E-state index in [0.29, 0.717) is 11.7 Å². The second kappa shape index (κ2) is 5.67. The Morgan fingerprint density at radius 1 is 1.36 bits per heavy atom. The fraction of sp³-hybridized carbons (Fsp3) is 0.300. The highest BCUT2D eigenvalue weighted by molar-refractivity contribution is 8.13. The Kier molecular flexibility index (Phi) is 4.49. The lowest BCUT2D eigenvalue weighted by molar-refractivity contribution is 0.969. The van der Waals surface area contributed by atoms with Gasteiger partial charge in [0.1, 0.15) is 0 Å². The van der Waals surface area contributed by atoms with E-state index < -0.39 is 0 Å². The topological polar surface area (TPSA) is 64.4 Å². The van der Waals surface area contributed by atoms with Crippen molar-refractivity contribution in [3.05, 3.63) is 29.8 Å². The van der Waals surface area contributed by atoms with E-state index in [1.165, 1.54) is 17.3 Å². The molecule has 76 valence electrons. The summed E-state index contributed by atoms with van der Waals surface area (Å²) in [5.74, 6) is 0. The second-order valence-electron chi connectivity index (χ2n) is 2.86. The highest BCUT2D eigenvalue weighted by atomic mass is 32.2. The predicted octanol–water partition coefficient (Wildman–Crippen LogP) is 1.50. The molecular weight excluding hydrogens is 194 g/mol. The fourth-order valence-electron chi connectivity index (χ4n) is 1.08. The lowest BCUT2D eigenvalue weighted by Gasteiger charge is -1.99. The van der Waals surface area contributed by atoms with Crippen molar-refractivity contribution in [2.45, 2.75) is 6.42 Å². The average molecular weight is 209 g/mol. The minimum absolute atomic E-state index is 0.580. The molecule has 0 aliphatic rings. The summed E-state index contributed by atoms with van der Waals surface area (Å²) in [5.41, 5.74) is 13.2. The molecular formula is C10H15N3S. The molecule has 0 fully saturated rings. The van der Waals surface area contributed by atoms with E-state index in [1.54, 1.807) is 0 Å². The van der Waals surface area contributed by atoms with Crippen molar-refractivity contribution in [2.75, 3.05) is 12.8 Å². The molecule has 1 rings (SSSR count). The van der Waals surface area contributed by atoms with Crippen LogP contribution in [0.25, 0.3) is 0 Å². The van der Waals surface area contributed by atoms with E-state index in [1.807, 2.05) is 30.5 Å². The van der Waals surface area contributed by atoms with Gasteiger partial charge in [-0.15, -0.1) is 0 Å². The smallest absolute Gasteiger partial charge is 0.158 e. The van der Waals surface area contributed by atoms with Crippen molar-refractivity contribution in [1.29, 1.82) is 0 Å². The maximum atomic E-state index is 5.59. The highest BCUT2D eigenvalue weighted by Crippen LogP contribution is 2.14. The molecule has 0 aliphatic carbocycles. The number of nitrogens with two attached hydrogens (primary N) is 2. The van der Waals surface area contributed by atoms with Crippen LogP contribution >= 0.6 is 11.8 Å². The van der Waals surface area contributed by atoms with Gasteiger partial charge in [0.05, 0.1) is 5.69 Å². The first-order chi connectivity index (χ1) is 6.76. The third-order valence-corrected chi connectivity index (χ3v) is 2.33. The number of benzene rings is 1. The largest absolute Gasteiger partial charge is 0.378 e. The average Bonchev–Trinajstić information content (AvgIpc) is 2.21. The van der Waals surface area contributed by atoms with Gasteiger partial charge in [-0.1, -0.05) is 23.9 Å². The van der Waals surface area contributed by atoms with E-state index in [4.69, 9.17) is 11.5 Å². The Bertz CT molecular complexity index is 306. The molecule has 0 radical (unpaired) electrons. The normalized spacial score (nSPS) is 11.7. The number of amidine groups is 1. The molecule has 0 spiro atoms. The quantitative estimate of drug-likeness (QED) is 0.585. The Morgan fingerprint density at radius 3 is 2.50 bits per heavy atom. The lowest BCUT2D eigenvalue weighted by atomic mass is 10.1. The number of thioether (sulfide) groups is 1. The second-order valence-corrected chi connectivity index (χ2v) is 3.69. The van der Waals surface area contributed by atoms with Crippen molar-refractivity contribution in [1.82, 2.24) is 0 Å². The van der Waals surface area contributed by atoms with Crippen molar-refractivity contribution in [2.24, 2.45) is 16.5 Å². The van der Waals surface area contributed by atoms with Crippen LogP contribution in [0.5, 0.6) is 0 Å². The van der Waals surface area contributed by atoms with Gasteiger partial charge in [-0.2, -0.15) is 0 Å². The van der Waals surface area contributed by atoms with Crippen LogP contribution in [0.3, 0.4) is 0 Å². The number of rotatable bonds is 3. The van der Waals surface area contributed by atoms with Gasteiger partial charge in [0.2, 0.25) is 0 Å². The first kappa shape index (κ1) is 11.1. The molecule has 0 aliphatic heterocycles. The number of nitrogens with zero attached hydrogens (tertiary/aromatic N) is 1. The molecule has 0 bridgehead atoms. The zero-order valence-corrected chi connectivity index (χ0v) is 9.05. The van der Waals surface area contributed by atoms with Gasteiger partial charge in [-0.3, -0.25) is 0 Å². The zero-order valence-electron chi connectivity index (χ0n) is 8.23. The summed E-state index contributed by atoms with van der Waals surface area (Å²) in [6, 6.07) is 7.96. The third kappa shape index (κ3) is 3.40. The van der Waals surface area contributed by atoms with Crippen molar-refractivity contribution in [3.63, 3.8) is 0 Å². The van der Waals surface area contributed by atoms with Gasteiger partial charge in [-0.05, 0) is 36.9 Å². The van der Waals surface area contributed by atoms with Gasteiger partial charge in [0, 0.05) is 0 Å². The molecule has 0 saturated heterocycles. The van der Waals surface area contributed by atoms with E-state index >= 15 is 0 Å². The van der Waals surface area contributed by atoms with E-state index in [0.717, 1.165) is 12.1 Å². The van der Waals surface area contributed by atoms with Crippen LogP contribution in [0.4, 0.5) is 5.69 Å². The summed E-state index contributed by atoms with van der Waals surface area (Å²) in [5, 5.41) is 0.580. The number of aliphatic imine (C=N–C) groups is 1. The summed E-state index contributed by atoms with van der Waals surface area (Å²) in [7, 11) is 0. The summed E-state index contributed by atoms with van der Waals surface area (Å²) < 4.78 is 0. The molecule has 0 unspecified atom stereocenters. The molecule has 3 nitrogen and oxygen atoms in total. The van der Waals surface area contributed by atoms with E-state index in [-0.39, 0.29) is 0 Å². The maximum Gasteiger partial charge on any atom is 0.158 e. The standard InChI is InChI=1S/C10H15N3S/c1-14-10(12)13-9-4-2-8(3-5-9)6-7-11/h2-5H,6-7,11H2,1H3,(H2,12,13). The summed E-state index contributed by atoms with van der Waals surface area (Å²) in [6.07, 6.45) is 2.81. The Hall–Kier alpha value is -1.00. The Labute approximate surface area is 88.6 Å². The minimum Gasteiger partial charge on any atom is -0.378 e. The van der Waals surface area contributed by atoms with Crippen molar-refractivity contribution < 1.29 is 0 Å². The van der Waals surface area contributed by atoms with Gasteiger partial charge >= 0.3 is 0 Å². The minimum atomic E-state index is 0.580. The molecule has 0 atom stereocenters. The molecule has 4 N–H and O–H groups in total. The van der Waals surface area contributed by atoms with Gasteiger partial charge in [-0.25, -0.2) is 4.99 Å². The Balaban J connectivity index is 2.73. The van der Waals surface area contributed by atoms with Crippen LogP contribution in [0, 0.1) is 0 Å². The van der Waals surface area contributed by atoms with Gasteiger partial charge in [0.15, 0.2) is 5.17 Å². The SMILES string of the molecule is CSC(N)=Nc1ccc(CCN)cc1.